The normalized spacial score (nSPS) is 32.2. The first kappa shape index (κ1) is 20.4. The zero-order valence-electron chi connectivity index (χ0n) is 15.5. The summed E-state index contributed by atoms with van der Waals surface area (Å²) in [6, 6.07) is 0.308. The number of phosphoric ester groups is 1. The Kier molecular flexibility index (Phi) is 5.23. The van der Waals surface area contributed by atoms with Crippen molar-refractivity contribution >= 4 is 30.8 Å². The van der Waals surface area contributed by atoms with Gasteiger partial charge in [-0.3, -0.25) is 9.13 Å². The van der Waals surface area contributed by atoms with Gasteiger partial charge in [-0.15, -0.1) is 0 Å². The number of ether oxygens (including phenoxy) is 1. The van der Waals surface area contributed by atoms with Crippen LogP contribution in [0, 0.1) is 5.92 Å². The molecule has 2 aromatic rings. The lowest BCUT2D eigenvalue weighted by molar-refractivity contribution is -0.244. The third kappa shape index (κ3) is 4.21. The molecule has 4 rings (SSSR count). The Morgan fingerprint density at radius 1 is 1.41 bits per heavy atom. The van der Waals surface area contributed by atoms with Crippen molar-refractivity contribution in [1.29, 1.82) is 0 Å². The fraction of sp³-hybridized carbons (Fsp3) is 0.667. The van der Waals surface area contributed by atoms with Crippen LogP contribution in [0.2, 0.25) is 0 Å². The molecule has 0 radical (unpaired) electrons. The van der Waals surface area contributed by atoms with Gasteiger partial charge < -0.3 is 40.3 Å². The number of aliphatic hydroxyl groups excluding tert-OH is 2. The lowest BCUT2D eigenvalue weighted by Gasteiger charge is -2.42. The molecule has 1 aliphatic carbocycles. The van der Waals surface area contributed by atoms with Crippen molar-refractivity contribution in [1.82, 2.24) is 19.5 Å². The maximum Gasteiger partial charge on any atom is 0.265 e. The average molecular weight is 429 g/mol. The first-order chi connectivity index (χ1) is 13.6. The molecule has 2 unspecified atom stereocenters. The van der Waals surface area contributed by atoms with Gasteiger partial charge in [0, 0.05) is 12.0 Å². The van der Waals surface area contributed by atoms with Crippen LogP contribution in [0.3, 0.4) is 0 Å². The van der Waals surface area contributed by atoms with E-state index in [0.29, 0.717) is 23.0 Å². The van der Waals surface area contributed by atoms with Gasteiger partial charge in [0.05, 0.1) is 19.0 Å². The van der Waals surface area contributed by atoms with Crippen LogP contribution >= 0.6 is 7.82 Å². The number of nitrogens with zero attached hydrogens (tertiary/aromatic N) is 4. The molecule has 0 bridgehead atoms. The Bertz CT molecular complexity index is 947. The molecule has 1 aliphatic heterocycles. The van der Waals surface area contributed by atoms with Crippen molar-refractivity contribution in [2.75, 3.05) is 17.7 Å². The topological polar surface area (TPSA) is 201 Å². The SMILES string of the molecule is CC1[C@@H](O)[C@@H](O)[C@@H](COP(=O)([O-])O)O[C@H]1n1cnc2c(NC3CC3)nc(N)nc21. The van der Waals surface area contributed by atoms with Gasteiger partial charge in [-0.1, -0.05) is 6.92 Å². The molecule has 1 saturated heterocycles. The van der Waals surface area contributed by atoms with E-state index >= 15 is 0 Å². The highest BCUT2D eigenvalue weighted by molar-refractivity contribution is 7.44. The molecule has 3 heterocycles. The summed E-state index contributed by atoms with van der Waals surface area (Å²) >= 11 is 0. The fourth-order valence-electron chi connectivity index (χ4n) is 3.35. The Balaban J connectivity index is 1.66. The van der Waals surface area contributed by atoms with E-state index in [0.717, 1.165) is 12.8 Å². The highest BCUT2D eigenvalue weighted by atomic mass is 31.2. The monoisotopic (exact) mass is 429 g/mol. The van der Waals surface area contributed by atoms with Crippen molar-refractivity contribution in [3.63, 3.8) is 0 Å². The number of nitrogen functional groups attached to an aromatic ring is 1. The van der Waals surface area contributed by atoms with Crippen molar-refractivity contribution in [3.05, 3.63) is 6.33 Å². The maximum atomic E-state index is 10.9. The Morgan fingerprint density at radius 2 is 2.14 bits per heavy atom. The highest BCUT2D eigenvalue weighted by Crippen LogP contribution is 2.38. The number of imidazole rings is 1. The van der Waals surface area contributed by atoms with Crippen LogP contribution < -0.4 is 15.9 Å². The van der Waals surface area contributed by atoms with Gasteiger partial charge in [0.15, 0.2) is 17.0 Å². The minimum atomic E-state index is -5.02. The van der Waals surface area contributed by atoms with Gasteiger partial charge in [0.2, 0.25) is 5.95 Å². The molecule has 1 saturated carbocycles. The van der Waals surface area contributed by atoms with Crippen molar-refractivity contribution in [2.24, 2.45) is 5.92 Å². The lowest BCUT2D eigenvalue weighted by atomic mass is 9.91. The number of fused-ring (bicyclic) bond motifs is 1. The molecular weight excluding hydrogens is 407 g/mol. The maximum absolute atomic E-state index is 10.9. The van der Waals surface area contributed by atoms with Crippen molar-refractivity contribution in [2.45, 2.75) is 50.3 Å². The number of aliphatic hydroxyl groups is 2. The van der Waals surface area contributed by atoms with Crippen LogP contribution in [0.25, 0.3) is 11.2 Å². The minimum absolute atomic E-state index is 0.0268. The minimum Gasteiger partial charge on any atom is -0.756 e. The molecule has 0 spiro atoms. The molecular formula is C15H22N6O7P-. The fourth-order valence-corrected chi connectivity index (χ4v) is 3.68. The average Bonchev–Trinajstić information content (AvgIpc) is 3.36. The summed E-state index contributed by atoms with van der Waals surface area (Å²) in [5.74, 6) is -0.0907. The molecule has 2 aromatic heterocycles. The third-order valence-corrected chi connectivity index (χ3v) is 5.54. The molecule has 0 amide bonds. The number of anilines is 2. The number of nitrogens with two attached hydrogens (primary N) is 1. The zero-order chi connectivity index (χ0) is 20.9. The highest BCUT2D eigenvalue weighted by Gasteiger charge is 2.44. The van der Waals surface area contributed by atoms with Crippen LogP contribution in [0.1, 0.15) is 26.0 Å². The predicted molar refractivity (Wildman–Crippen MR) is 97.2 cm³/mol. The quantitative estimate of drug-likeness (QED) is 0.341. The smallest absolute Gasteiger partial charge is 0.265 e. The summed E-state index contributed by atoms with van der Waals surface area (Å²) in [6.07, 6.45) is -1.27. The van der Waals surface area contributed by atoms with Gasteiger partial charge in [-0.05, 0) is 12.8 Å². The van der Waals surface area contributed by atoms with Crippen LogP contribution in [0.5, 0.6) is 0 Å². The lowest BCUT2D eigenvalue weighted by Crippen LogP contribution is -2.53. The van der Waals surface area contributed by atoms with E-state index in [1.807, 2.05) is 0 Å². The molecule has 6 N–H and O–H groups in total. The van der Waals surface area contributed by atoms with Gasteiger partial charge in [0.1, 0.15) is 18.4 Å². The number of hydrogen-bond donors (Lipinski definition) is 5. The van der Waals surface area contributed by atoms with E-state index < -0.39 is 44.9 Å². The number of nitrogens with one attached hydrogen (secondary N) is 1. The summed E-state index contributed by atoms with van der Waals surface area (Å²) < 4.78 is 22.6. The molecule has 14 heteroatoms. The van der Waals surface area contributed by atoms with Crippen molar-refractivity contribution in [3.8, 4) is 0 Å². The van der Waals surface area contributed by atoms with Crippen LogP contribution in [-0.2, 0) is 13.8 Å². The molecule has 29 heavy (non-hydrogen) atoms. The largest absolute Gasteiger partial charge is 0.756 e. The summed E-state index contributed by atoms with van der Waals surface area (Å²) in [5, 5.41) is 23.9. The molecule has 6 atom stereocenters. The van der Waals surface area contributed by atoms with Crippen LogP contribution in [0.4, 0.5) is 11.8 Å². The summed E-state index contributed by atoms with van der Waals surface area (Å²) in [5.41, 5.74) is 6.66. The van der Waals surface area contributed by atoms with E-state index in [4.69, 9.17) is 15.4 Å². The molecule has 2 aliphatic rings. The number of hydrogen-bond acceptors (Lipinski definition) is 11. The second-order valence-electron chi connectivity index (χ2n) is 7.34. The van der Waals surface area contributed by atoms with E-state index in [2.05, 4.69) is 24.8 Å². The summed E-state index contributed by atoms with van der Waals surface area (Å²) in [7, 11) is -5.02. The number of aromatic nitrogens is 4. The van der Waals surface area contributed by atoms with Crippen LogP contribution in [-0.4, -0.2) is 65.6 Å². The van der Waals surface area contributed by atoms with E-state index in [1.54, 1.807) is 6.92 Å². The van der Waals surface area contributed by atoms with Gasteiger partial charge >= 0.3 is 0 Å². The summed E-state index contributed by atoms with van der Waals surface area (Å²) in [6.45, 7) is 0.983. The summed E-state index contributed by atoms with van der Waals surface area (Å²) in [4.78, 5) is 32.4. The number of phosphoric acid groups is 1. The van der Waals surface area contributed by atoms with Gasteiger partial charge in [-0.2, -0.15) is 9.97 Å². The van der Waals surface area contributed by atoms with E-state index in [1.165, 1.54) is 10.9 Å². The van der Waals surface area contributed by atoms with Crippen LogP contribution in [0.15, 0.2) is 6.33 Å². The first-order valence-corrected chi connectivity index (χ1v) is 10.6. The van der Waals surface area contributed by atoms with E-state index in [9.17, 15) is 19.7 Å². The van der Waals surface area contributed by atoms with E-state index in [-0.39, 0.29) is 5.95 Å². The van der Waals surface area contributed by atoms with Gasteiger partial charge in [-0.25, -0.2) is 4.98 Å². The Labute approximate surface area is 165 Å². The standard InChI is InChI=1S/C15H23N6O7P/c1-6-10(22)11(23)8(4-27-29(24,25)26)28-14(6)21-5-17-9-12(18-7-2-3-7)19-15(16)20-13(9)21/h5-8,10-11,14,22-23H,2-4H2,1H3,(H2,24,25,26)(H3,16,18,19,20)/p-1/t6?,8-,10-,11+,14-/m1/s1. The second kappa shape index (κ2) is 7.43. The second-order valence-corrected chi connectivity index (χ2v) is 8.54. The predicted octanol–water partition coefficient (Wildman–Crippen LogP) is -1.28. The Hall–Kier alpha value is -1.86. The molecule has 13 nitrogen and oxygen atoms in total. The molecule has 0 aromatic carbocycles. The molecule has 160 valence electrons. The molecule has 2 fully saturated rings. The van der Waals surface area contributed by atoms with Crippen molar-refractivity contribution < 1.29 is 33.8 Å². The van der Waals surface area contributed by atoms with Gasteiger partial charge in [0.25, 0.3) is 7.82 Å². The zero-order valence-corrected chi connectivity index (χ0v) is 16.3. The first-order valence-electron chi connectivity index (χ1n) is 9.10. The number of rotatable bonds is 6. The Morgan fingerprint density at radius 3 is 2.79 bits per heavy atom. The third-order valence-electron chi connectivity index (χ3n) is 5.07.